The smallest absolute Gasteiger partial charge is 0.142 e. The zero-order valence-corrected chi connectivity index (χ0v) is 19.3. The summed E-state index contributed by atoms with van der Waals surface area (Å²) in [4.78, 5) is 5.65. The molecule has 0 radical (unpaired) electrons. The molecule has 0 N–H and O–H groups in total. The number of hydrogen-bond acceptors (Lipinski definition) is 3. The summed E-state index contributed by atoms with van der Waals surface area (Å²) in [6, 6.07) is 24.7. The zero-order valence-electron chi connectivity index (χ0n) is 19.3. The predicted octanol–water partition coefficient (Wildman–Crippen LogP) is 6.85. The SMILES string of the molecule is COc1ccc(CO/N=C(\C)c2cc(-c3ccc(F)cc3)n(-c3cccc(C)c3)c2C)cc1. The van der Waals surface area contributed by atoms with Gasteiger partial charge in [0.05, 0.1) is 18.5 Å². The fraction of sp³-hybridized carbons (Fsp3) is 0.179. The van der Waals surface area contributed by atoms with E-state index in [4.69, 9.17) is 9.57 Å². The van der Waals surface area contributed by atoms with E-state index in [0.29, 0.717) is 6.61 Å². The van der Waals surface area contributed by atoms with Crippen molar-refractivity contribution >= 4 is 5.71 Å². The van der Waals surface area contributed by atoms with Crippen LogP contribution in [0.25, 0.3) is 16.9 Å². The van der Waals surface area contributed by atoms with Gasteiger partial charge in [-0.15, -0.1) is 0 Å². The quantitative estimate of drug-likeness (QED) is 0.232. The van der Waals surface area contributed by atoms with Gasteiger partial charge in [-0.2, -0.15) is 0 Å². The number of methoxy groups -OCH3 is 1. The number of nitrogens with zero attached hydrogens (tertiary/aromatic N) is 2. The second-order valence-corrected chi connectivity index (χ2v) is 8.01. The van der Waals surface area contributed by atoms with Crippen LogP contribution < -0.4 is 4.74 Å². The summed E-state index contributed by atoms with van der Waals surface area (Å²) in [6.45, 7) is 6.43. The van der Waals surface area contributed by atoms with Gasteiger partial charge in [-0.05, 0) is 92.1 Å². The Morgan fingerprint density at radius 3 is 2.33 bits per heavy atom. The molecular weight excluding hydrogens is 415 g/mol. The molecule has 0 atom stereocenters. The zero-order chi connectivity index (χ0) is 23.4. The molecule has 33 heavy (non-hydrogen) atoms. The predicted molar refractivity (Wildman–Crippen MR) is 131 cm³/mol. The van der Waals surface area contributed by atoms with Gasteiger partial charge in [0.2, 0.25) is 0 Å². The Morgan fingerprint density at radius 2 is 1.67 bits per heavy atom. The fourth-order valence-corrected chi connectivity index (χ4v) is 3.88. The van der Waals surface area contributed by atoms with E-state index < -0.39 is 0 Å². The molecule has 0 fully saturated rings. The molecule has 0 spiro atoms. The molecule has 4 nitrogen and oxygen atoms in total. The van der Waals surface area contributed by atoms with Gasteiger partial charge < -0.3 is 14.1 Å². The van der Waals surface area contributed by atoms with Gasteiger partial charge >= 0.3 is 0 Å². The number of oxime groups is 1. The molecule has 168 valence electrons. The van der Waals surface area contributed by atoms with Crippen LogP contribution in [0.15, 0.2) is 84.0 Å². The first-order valence-electron chi connectivity index (χ1n) is 10.8. The molecule has 0 aliphatic rings. The Kier molecular flexibility index (Phi) is 6.59. The van der Waals surface area contributed by atoms with E-state index in [0.717, 1.165) is 45.2 Å². The second kappa shape index (κ2) is 9.74. The minimum atomic E-state index is -0.256. The van der Waals surface area contributed by atoms with Crippen LogP contribution in [0, 0.1) is 19.7 Å². The van der Waals surface area contributed by atoms with Gasteiger partial charge in [0.15, 0.2) is 0 Å². The minimum absolute atomic E-state index is 0.256. The molecular formula is C28H27FN2O2. The van der Waals surface area contributed by atoms with Crippen molar-refractivity contribution in [3.05, 3.63) is 107 Å². The molecule has 4 rings (SSSR count). The van der Waals surface area contributed by atoms with Crippen LogP contribution >= 0.6 is 0 Å². The third kappa shape index (κ3) is 4.98. The molecule has 4 aromatic rings. The number of hydrogen-bond donors (Lipinski definition) is 0. The highest BCUT2D eigenvalue weighted by atomic mass is 19.1. The number of benzene rings is 3. The summed E-state index contributed by atoms with van der Waals surface area (Å²) in [5, 5.41) is 4.38. The van der Waals surface area contributed by atoms with Crippen molar-refractivity contribution in [2.45, 2.75) is 27.4 Å². The largest absolute Gasteiger partial charge is 0.497 e. The maximum absolute atomic E-state index is 13.6. The third-order valence-electron chi connectivity index (χ3n) is 5.63. The lowest BCUT2D eigenvalue weighted by Gasteiger charge is -2.13. The highest BCUT2D eigenvalue weighted by molar-refractivity contribution is 6.01. The Balaban J connectivity index is 1.68. The summed E-state index contributed by atoms with van der Waals surface area (Å²) in [5.41, 5.74) is 7.91. The first-order valence-corrected chi connectivity index (χ1v) is 10.8. The van der Waals surface area contributed by atoms with E-state index in [9.17, 15) is 4.39 Å². The molecule has 0 aliphatic heterocycles. The van der Waals surface area contributed by atoms with Crippen molar-refractivity contribution in [3.63, 3.8) is 0 Å². The van der Waals surface area contributed by atoms with Gasteiger partial charge in [0.25, 0.3) is 0 Å². The number of ether oxygens (including phenoxy) is 1. The maximum Gasteiger partial charge on any atom is 0.142 e. The molecule has 3 aromatic carbocycles. The third-order valence-corrected chi connectivity index (χ3v) is 5.63. The first-order chi connectivity index (χ1) is 16.0. The van der Waals surface area contributed by atoms with Crippen molar-refractivity contribution < 1.29 is 14.0 Å². The number of aromatic nitrogens is 1. The highest BCUT2D eigenvalue weighted by Crippen LogP contribution is 2.30. The minimum Gasteiger partial charge on any atom is -0.497 e. The molecule has 0 aliphatic carbocycles. The molecule has 1 aromatic heterocycles. The number of aryl methyl sites for hydroxylation is 1. The normalized spacial score (nSPS) is 11.5. The lowest BCUT2D eigenvalue weighted by Crippen LogP contribution is -2.03. The van der Waals surface area contributed by atoms with Crippen LogP contribution in [-0.4, -0.2) is 17.4 Å². The standard InChI is InChI=1S/C28H27FN2O2/c1-19-6-5-7-25(16-19)31-21(3)27(17-28(31)23-10-12-24(29)13-11-23)20(2)30-33-18-22-8-14-26(32-4)15-9-22/h5-17H,18H2,1-4H3/b30-20+. The van der Waals surface area contributed by atoms with E-state index in [1.807, 2.05) is 37.3 Å². The monoisotopic (exact) mass is 442 g/mol. The molecule has 0 bridgehead atoms. The van der Waals surface area contributed by atoms with Crippen molar-refractivity contribution in [2.24, 2.45) is 5.16 Å². The molecule has 0 amide bonds. The summed E-state index contributed by atoms with van der Waals surface area (Å²) in [7, 11) is 1.64. The van der Waals surface area contributed by atoms with E-state index in [2.05, 4.69) is 47.8 Å². The Hall–Kier alpha value is -3.86. The molecule has 0 unspecified atom stereocenters. The van der Waals surface area contributed by atoms with Crippen molar-refractivity contribution in [1.29, 1.82) is 0 Å². The van der Waals surface area contributed by atoms with Crippen LogP contribution in [-0.2, 0) is 11.4 Å². The lowest BCUT2D eigenvalue weighted by atomic mass is 10.1. The summed E-state index contributed by atoms with van der Waals surface area (Å²) < 4.78 is 20.9. The average Bonchev–Trinajstić information content (AvgIpc) is 3.17. The maximum atomic E-state index is 13.6. The van der Waals surface area contributed by atoms with E-state index >= 15 is 0 Å². The lowest BCUT2D eigenvalue weighted by molar-refractivity contribution is 0.130. The van der Waals surface area contributed by atoms with E-state index in [1.54, 1.807) is 19.2 Å². The van der Waals surface area contributed by atoms with Gasteiger partial charge in [-0.3, -0.25) is 0 Å². The van der Waals surface area contributed by atoms with Crippen LogP contribution in [0.2, 0.25) is 0 Å². The Bertz CT molecular complexity index is 1270. The second-order valence-electron chi connectivity index (χ2n) is 8.01. The van der Waals surface area contributed by atoms with Gasteiger partial charge in [0.1, 0.15) is 18.2 Å². The van der Waals surface area contributed by atoms with E-state index in [1.165, 1.54) is 17.7 Å². The van der Waals surface area contributed by atoms with Crippen LogP contribution in [0.4, 0.5) is 4.39 Å². The van der Waals surface area contributed by atoms with E-state index in [-0.39, 0.29) is 5.82 Å². The Morgan fingerprint density at radius 1 is 0.939 bits per heavy atom. The summed E-state index contributed by atoms with van der Waals surface area (Å²) in [6.07, 6.45) is 0. The molecule has 1 heterocycles. The molecule has 0 saturated carbocycles. The van der Waals surface area contributed by atoms with Gasteiger partial charge in [-0.1, -0.05) is 29.4 Å². The van der Waals surface area contributed by atoms with Crippen LogP contribution in [0.3, 0.4) is 0 Å². The van der Waals surface area contributed by atoms with Crippen LogP contribution in [0.5, 0.6) is 5.75 Å². The van der Waals surface area contributed by atoms with Gasteiger partial charge in [-0.25, -0.2) is 4.39 Å². The first kappa shape index (κ1) is 22.3. The Labute approximate surface area is 193 Å². The van der Waals surface area contributed by atoms with Crippen molar-refractivity contribution in [2.75, 3.05) is 7.11 Å². The van der Waals surface area contributed by atoms with Crippen molar-refractivity contribution in [3.8, 4) is 22.7 Å². The summed E-state index contributed by atoms with van der Waals surface area (Å²) in [5.74, 6) is 0.550. The fourth-order valence-electron chi connectivity index (χ4n) is 3.88. The van der Waals surface area contributed by atoms with Gasteiger partial charge in [0, 0.05) is 16.9 Å². The average molecular weight is 443 g/mol. The summed E-state index contributed by atoms with van der Waals surface area (Å²) >= 11 is 0. The highest BCUT2D eigenvalue weighted by Gasteiger charge is 2.17. The topological polar surface area (TPSA) is 35.8 Å². The molecule has 0 saturated heterocycles. The van der Waals surface area contributed by atoms with Crippen molar-refractivity contribution in [1.82, 2.24) is 4.57 Å². The number of halogens is 1. The number of rotatable bonds is 7. The molecule has 5 heteroatoms. The van der Waals surface area contributed by atoms with Crippen LogP contribution in [0.1, 0.15) is 29.3 Å².